The van der Waals surface area contributed by atoms with E-state index in [0.29, 0.717) is 18.8 Å². The molecule has 1 amide bonds. The first-order valence-electron chi connectivity index (χ1n) is 5.75. The van der Waals surface area contributed by atoms with E-state index < -0.39 is 0 Å². The van der Waals surface area contributed by atoms with Gasteiger partial charge in [-0.3, -0.25) is 4.79 Å². The van der Waals surface area contributed by atoms with Crippen LogP contribution in [0.5, 0.6) is 11.5 Å². The first-order valence-corrected chi connectivity index (χ1v) is 5.75. The van der Waals surface area contributed by atoms with Gasteiger partial charge in [0, 0.05) is 7.05 Å². The number of phenols is 1. The lowest BCUT2D eigenvalue weighted by atomic mass is 10.1. The van der Waals surface area contributed by atoms with Crippen molar-refractivity contribution in [2.45, 2.75) is 6.42 Å². The Balaban J connectivity index is 2.07. The zero-order valence-corrected chi connectivity index (χ0v) is 10.1. The first-order chi connectivity index (χ1) is 8.69. The molecule has 0 aromatic heterocycles. The first kappa shape index (κ1) is 12.2. The molecule has 0 heterocycles. The van der Waals surface area contributed by atoms with E-state index in [1.165, 1.54) is 0 Å². The minimum atomic E-state index is -0.0477. The van der Waals surface area contributed by atoms with E-state index in [1.54, 1.807) is 19.2 Å². The zero-order valence-electron chi connectivity index (χ0n) is 10.1. The number of nitrogens with one attached hydrogen (secondary N) is 1. The maximum absolute atomic E-state index is 11.0. The minimum Gasteiger partial charge on any atom is -0.508 e. The van der Waals surface area contributed by atoms with Crippen LogP contribution in [0.1, 0.15) is 6.42 Å². The highest BCUT2D eigenvalue weighted by Crippen LogP contribution is 2.24. The molecular weight excluding hydrogens is 230 g/mol. The van der Waals surface area contributed by atoms with Crippen LogP contribution in [0, 0.1) is 0 Å². The van der Waals surface area contributed by atoms with E-state index in [4.69, 9.17) is 4.74 Å². The quantitative estimate of drug-likeness (QED) is 0.866. The molecule has 0 radical (unpaired) electrons. The largest absolute Gasteiger partial charge is 0.508 e. The molecule has 0 bridgehead atoms. The van der Waals surface area contributed by atoms with Crippen molar-refractivity contribution in [3.8, 4) is 11.5 Å². The molecule has 0 saturated heterocycles. The average Bonchev–Trinajstić information content (AvgIpc) is 2.38. The van der Waals surface area contributed by atoms with Crippen LogP contribution in [0.4, 0.5) is 0 Å². The van der Waals surface area contributed by atoms with Crippen molar-refractivity contribution in [1.29, 1.82) is 0 Å². The molecule has 0 atom stereocenters. The van der Waals surface area contributed by atoms with Crippen LogP contribution in [0.3, 0.4) is 0 Å². The lowest BCUT2D eigenvalue weighted by Crippen LogP contribution is -2.20. The van der Waals surface area contributed by atoms with Crippen molar-refractivity contribution < 1.29 is 14.6 Å². The van der Waals surface area contributed by atoms with Crippen molar-refractivity contribution >= 4 is 16.7 Å². The molecule has 94 valence electrons. The fourth-order valence-electron chi connectivity index (χ4n) is 1.69. The fraction of sp³-hybridized carbons (Fsp3) is 0.214. The van der Waals surface area contributed by atoms with Gasteiger partial charge in [0.05, 0.1) is 13.0 Å². The summed E-state index contributed by atoms with van der Waals surface area (Å²) in [5, 5.41) is 13.9. The summed E-state index contributed by atoms with van der Waals surface area (Å²) in [6.07, 6.45) is 0.328. The van der Waals surface area contributed by atoms with Crippen molar-refractivity contribution in [1.82, 2.24) is 5.32 Å². The molecule has 2 aromatic rings. The van der Waals surface area contributed by atoms with E-state index in [-0.39, 0.29) is 11.7 Å². The summed E-state index contributed by atoms with van der Waals surface area (Å²) < 4.78 is 5.48. The molecule has 0 aliphatic heterocycles. The number of benzene rings is 2. The van der Waals surface area contributed by atoms with Gasteiger partial charge in [-0.2, -0.15) is 0 Å². The molecule has 0 spiro atoms. The summed E-state index contributed by atoms with van der Waals surface area (Å²) in [6.45, 7) is 0.337. The zero-order chi connectivity index (χ0) is 13.0. The number of fused-ring (bicyclic) bond motifs is 1. The Hall–Kier alpha value is -2.23. The van der Waals surface area contributed by atoms with Crippen LogP contribution < -0.4 is 10.1 Å². The number of carbonyl (C=O) groups excluding carboxylic acids is 1. The number of ether oxygens (including phenoxy) is 1. The van der Waals surface area contributed by atoms with Crippen LogP contribution in [0.2, 0.25) is 0 Å². The highest BCUT2D eigenvalue weighted by atomic mass is 16.5. The number of carbonyl (C=O) groups is 1. The van der Waals surface area contributed by atoms with Crippen LogP contribution in [-0.4, -0.2) is 24.7 Å². The molecule has 0 unspecified atom stereocenters. The highest BCUT2D eigenvalue weighted by molar-refractivity contribution is 5.85. The second-order valence-electron chi connectivity index (χ2n) is 3.96. The van der Waals surface area contributed by atoms with Crippen LogP contribution >= 0.6 is 0 Å². The number of hydrogen-bond acceptors (Lipinski definition) is 3. The van der Waals surface area contributed by atoms with E-state index in [1.807, 2.05) is 24.3 Å². The summed E-state index contributed by atoms with van der Waals surface area (Å²) in [4.78, 5) is 11.0. The van der Waals surface area contributed by atoms with Crippen LogP contribution in [0.25, 0.3) is 10.8 Å². The van der Waals surface area contributed by atoms with Gasteiger partial charge >= 0.3 is 0 Å². The second kappa shape index (κ2) is 5.40. The summed E-state index contributed by atoms with van der Waals surface area (Å²) in [6, 6.07) is 10.8. The van der Waals surface area contributed by atoms with E-state index >= 15 is 0 Å². The third kappa shape index (κ3) is 2.91. The molecule has 2 N–H and O–H groups in total. The molecule has 2 aromatic carbocycles. The maximum Gasteiger partial charge on any atom is 0.223 e. The van der Waals surface area contributed by atoms with Crippen molar-refractivity contribution in [3.05, 3.63) is 36.4 Å². The van der Waals surface area contributed by atoms with Crippen LogP contribution in [-0.2, 0) is 4.79 Å². The Labute approximate surface area is 105 Å². The lowest BCUT2D eigenvalue weighted by molar-refractivity contribution is -0.121. The molecule has 4 nitrogen and oxygen atoms in total. The van der Waals surface area contributed by atoms with E-state index in [2.05, 4.69) is 5.32 Å². The van der Waals surface area contributed by atoms with Gasteiger partial charge in [-0.25, -0.2) is 0 Å². The fourth-order valence-corrected chi connectivity index (χ4v) is 1.69. The number of amides is 1. The summed E-state index contributed by atoms with van der Waals surface area (Å²) in [7, 11) is 1.60. The number of rotatable bonds is 4. The van der Waals surface area contributed by atoms with E-state index in [9.17, 15) is 9.90 Å². The smallest absolute Gasteiger partial charge is 0.223 e. The molecule has 0 saturated carbocycles. The maximum atomic E-state index is 11.0. The second-order valence-corrected chi connectivity index (χ2v) is 3.96. The molecule has 2 rings (SSSR count). The van der Waals surface area contributed by atoms with Gasteiger partial charge < -0.3 is 15.2 Å². The minimum absolute atomic E-state index is 0.0477. The van der Waals surface area contributed by atoms with Crippen molar-refractivity contribution in [2.75, 3.05) is 13.7 Å². The van der Waals surface area contributed by atoms with Gasteiger partial charge in [0.25, 0.3) is 0 Å². The third-order valence-electron chi connectivity index (χ3n) is 2.67. The Morgan fingerprint density at radius 3 is 2.78 bits per heavy atom. The molecule has 18 heavy (non-hydrogen) atoms. The Morgan fingerprint density at radius 2 is 2.00 bits per heavy atom. The third-order valence-corrected chi connectivity index (χ3v) is 2.67. The Morgan fingerprint density at radius 1 is 1.22 bits per heavy atom. The van der Waals surface area contributed by atoms with Gasteiger partial charge in [0.1, 0.15) is 11.5 Å². The van der Waals surface area contributed by atoms with Crippen molar-refractivity contribution in [3.63, 3.8) is 0 Å². The highest BCUT2D eigenvalue weighted by Gasteiger charge is 2.01. The number of hydrogen-bond donors (Lipinski definition) is 2. The summed E-state index contributed by atoms with van der Waals surface area (Å²) >= 11 is 0. The topological polar surface area (TPSA) is 58.6 Å². The van der Waals surface area contributed by atoms with Crippen molar-refractivity contribution in [2.24, 2.45) is 0 Å². The van der Waals surface area contributed by atoms with Gasteiger partial charge in [-0.05, 0) is 35.0 Å². The van der Waals surface area contributed by atoms with E-state index in [0.717, 1.165) is 10.8 Å². The SMILES string of the molecule is CNC(=O)CCOc1ccc2ccc(O)cc2c1. The Kier molecular flexibility index (Phi) is 3.67. The predicted molar refractivity (Wildman–Crippen MR) is 69.8 cm³/mol. The monoisotopic (exact) mass is 245 g/mol. The standard InChI is InChI=1S/C14H15NO3/c1-15-14(17)6-7-18-13-5-3-10-2-4-12(16)8-11(10)9-13/h2-5,8-9,16H,6-7H2,1H3,(H,15,17). The number of phenolic OH excluding ortho intramolecular Hbond substituents is 1. The number of aromatic hydroxyl groups is 1. The van der Waals surface area contributed by atoms with Crippen LogP contribution in [0.15, 0.2) is 36.4 Å². The normalized spacial score (nSPS) is 10.3. The van der Waals surface area contributed by atoms with Gasteiger partial charge in [0.2, 0.25) is 5.91 Å². The Bertz CT molecular complexity index is 566. The van der Waals surface area contributed by atoms with Gasteiger partial charge in [-0.1, -0.05) is 12.1 Å². The summed E-state index contributed by atoms with van der Waals surface area (Å²) in [5.74, 6) is 0.871. The predicted octanol–water partition coefficient (Wildman–Crippen LogP) is 2.06. The average molecular weight is 245 g/mol. The van der Waals surface area contributed by atoms with Gasteiger partial charge in [-0.15, -0.1) is 0 Å². The molecule has 4 heteroatoms. The molecule has 0 aliphatic rings. The molecule has 0 fully saturated rings. The van der Waals surface area contributed by atoms with Gasteiger partial charge in [0.15, 0.2) is 0 Å². The molecular formula is C14H15NO3. The lowest BCUT2D eigenvalue weighted by Gasteiger charge is -2.07. The summed E-state index contributed by atoms with van der Waals surface area (Å²) in [5.41, 5.74) is 0. The molecule has 0 aliphatic carbocycles.